The van der Waals surface area contributed by atoms with Gasteiger partial charge in [0.1, 0.15) is 29.7 Å². The molecule has 34 heavy (non-hydrogen) atoms. The van der Waals surface area contributed by atoms with Crippen molar-refractivity contribution >= 4 is 21.6 Å². The molecular weight excluding hydrogens is 458 g/mol. The molecule has 0 spiro atoms. The first-order valence-electron chi connectivity index (χ1n) is 10.6. The molecule has 0 saturated carbocycles. The summed E-state index contributed by atoms with van der Waals surface area (Å²) in [4.78, 5) is 19.7. The summed E-state index contributed by atoms with van der Waals surface area (Å²) in [6.07, 6.45) is 1.71. The lowest BCUT2D eigenvalue weighted by Gasteiger charge is -2.16. The van der Waals surface area contributed by atoms with Gasteiger partial charge in [-0.25, -0.2) is 23.2 Å². The second kappa shape index (κ2) is 11.0. The highest BCUT2D eigenvalue weighted by Crippen LogP contribution is 2.38. The molecule has 0 fully saturated rings. The lowest BCUT2D eigenvalue weighted by molar-refractivity contribution is -0.137. The van der Waals surface area contributed by atoms with Crippen molar-refractivity contribution in [1.82, 2.24) is 9.97 Å². The number of carboxylic acids is 1. The van der Waals surface area contributed by atoms with E-state index in [1.165, 1.54) is 6.07 Å². The lowest BCUT2D eigenvalue weighted by atomic mass is 9.99. The number of sulfone groups is 1. The predicted octanol–water partition coefficient (Wildman–Crippen LogP) is 3.45. The summed E-state index contributed by atoms with van der Waals surface area (Å²) in [6, 6.07) is 13.2. The minimum Gasteiger partial charge on any atom is -0.496 e. The number of rotatable bonds is 11. The Morgan fingerprint density at radius 3 is 2.26 bits per heavy atom. The molecule has 1 aromatic heterocycles. The number of carbonyl (C=O) groups is 1. The number of hydrogen-bond donors (Lipinski definition) is 2. The highest BCUT2D eigenvalue weighted by Gasteiger charge is 2.21. The summed E-state index contributed by atoms with van der Waals surface area (Å²) in [5.41, 5.74) is 2.43. The van der Waals surface area contributed by atoms with Crippen molar-refractivity contribution in [3.63, 3.8) is 0 Å². The number of ether oxygens (including phenoxy) is 2. The van der Waals surface area contributed by atoms with Crippen LogP contribution in [0.4, 0.5) is 5.82 Å². The van der Waals surface area contributed by atoms with Crippen LogP contribution in [0.15, 0.2) is 59.9 Å². The summed E-state index contributed by atoms with van der Waals surface area (Å²) in [6.45, 7) is 1.76. The van der Waals surface area contributed by atoms with Gasteiger partial charge in [0.2, 0.25) is 0 Å². The zero-order valence-corrected chi connectivity index (χ0v) is 20.0. The van der Waals surface area contributed by atoms with Crippen LogP contribution >= 0.6 is 0 Å². The SMILES string of the molecule is CCCS(=O)(=O)c1cc(NC(Cc2ccc(-c3c(OC)cccc3OC)cc2)C(=O)O)ncn1. The fraction of sp³-hybridized carbons (Fsp3) is 0.292. The van der Waals surface area contributed by atoms with Gasteiger partial charge in [-0.3, -0.25) is 0 Å². The van der Waals surface area contributed by atoms with E-state index in [0.717, 1.165) is 23.0 Å². The summed E-state index contributed by atoms with van der Waals surface area (Å²) < 4.78 is 35.5. The van der Waals surface area contributed by atoms with E-state index in [4.69, 9.17) is 9.47 Å². The number of nitrogens with zero attached hydrogens (tertiary/aromatic N) is 2. The second-order valence-electron chi connectivity index (χ2n) is 7.53. The van der Waals surface area contributed by atoms with Crippen LogP contribution in [0.5, 0.6) is 11.5 Å². The Balaban J connectivity index is 1.81. The Kier molecular flexibility index (Phi) is 8.06. The number of hydrogen-bond acceptors (Lipinski definition) is 8. The molecule has 1 unspecified atom stereocenters. The van der Waals surface area contributed by atoms with Crippen LogP contribution in [0.25, 0.3) is 11.1 Å². The van der Waals surface area contributed by atoms with Crippen LogP contribution in [0.1, 0.15) is 18.9 Å². The Morgan fingerprint density at radius 2 is 1.71 bits per heavy atom. The van der Waals surface area contributed by atoms with Crippen molar-refractivity contribution in [3.8, 4) is 22.6 Å². The van der Waals surface area contributed by atoms with Crippen molar-refractivity contribution < 1.29 is 27.8 Å². The number of aromatic nitrogens is 2. The molecule has 10 heteroatoms. The molecule has 0 radical (unpaired) electrons. The van der Waals surface area contributed by atoms with Gasteiger partial charge in [0.15, 0.2) is 14.9 Å². The van der Waals surface area contributed by atoms with E-state index >= 15 is 0 Å². The van der Waals surface area contributed by atoms with E-state index in [1.54, 1.807) is 21.1 Å². The maximum absolute atomic E-state index is 12.3. The van der Waals surface area contributed by atoms with Gasteiger partial charge in [0.05, 0.1) is 25.5 Å². The molecule has 0 aliphatic carbocycles. The van der Waals surface area contributed by atoms with E-state index in [2.05, 4.69) is 15.3 Å². The molecule has 0 bridgehead atoms. The van der Waals surface area contributed by atoms with Crippen LogP contribution in [0.2, 0.25) is 0 Å². The molecule has 3 aromatic rings. The van der Waals surface area contributed by atoms with Gasteiger partial charge in [-0.15, -0.1) is 0 Å². The minimum atomic E-state index is -3.55. The van der Waals surface area contributed by atoms with E-state index in [0.29, 0.717) is 17.9 Å². The zero-order chi connectivity index (χ0) is 24.7. The van der Waals surface area contributed by atoms with Gasteiger partial charge in [-0.2, -0.15) is 0 Å². The number of methoxy groups -OCH3 is 2. The Morgan fingerprint density at radius 1 is 1.06 bits per heavy atom. The average molecular weight is 486 g/mol. The van der Waals surface area contributed by atoms with Crippen LogP contribution in [0, 0.1) is 0 Å². The van der Waals surface area contributed by atoms with Crippen molar-refractivity contribution in [2.75, 3.05) is 25.3 Å². The molecule has 2 aromatic carbocycles. The summed E-state index contributed by atoms with van der Waals surface area (Å²) in [5.74, 6) is 0.318. The maximum Gasteiger partial charge on any atom is 0.326 e. The lowest BCUT2D eigenvalue weighted by Crippen LogP contribution is -2.32. The Labute approximate surface area is 198 Å². The molecule has 0 amide bonds. The monoisotopic (exact) mass is 485 g/mol. The zero-order valence-electron chi connectivity index (χ0n) is 19.2. The highest BCUT2D eigenvalue weighted by molar-refractivity contribution is 7.91. The first-order chi connectivity index (χ1) is 16.3. The molecule has 2 N–H and O–H groups in total. The van der Waals surface area contributed by atoms with Crippen LogP contribution < -0.4 is 14.8 Å². The van der Waals surface area contributed by atoms with Gasteiger partial charge in [0.25, 0.3) is 0 Å². The standard InChI is InChI=1S/C24H27N3O6S/c1-4-12-34(30,31)22-14-21(25-15-26-22)27-18(24(28)29)13-16-8-10-17(11-9-16)23-19(32-2)6-5-7-20(23)33-3/h5-11,14-15,18H,4,12-13H2,1-3H3,(H,28,29)(H,25,26,27). The van der Waals surface area contributed by atoms with E-state index < -0.39 is 21.8 Å². The second-order valence-corrected chi connectivity index (χ2v) is 9.59. The molecule has 1 heterocycles. The smallest absolute Gasteiger partial charge is 0.326 e. The minimum absolute atomic E-state index is 0.0465. The first-order valence-corrected chi connectivity index (χ1v) is 12.3. The molecule has 0 aliphatic heterocycles. The van der Waals surface area contributed by atoms with Crippen molar-refractivity contribution in [3.05, 3.63) is 60.4 Å². The topological polar surface area (TPSA) is 128 Å². The Hall–Kier alpha value is -3.66. The summed E-state index contributed by atoms with van der Waals surface area (Å²) >= 11 is 0. The van der Waals surface area contributed by atoms with Crippen molar-refractivity contribution in [2.45, 2.75) is 30.8 Å². The van der Waals surface area contributed by atoms with Gasteiger partial charge >= 0.3 is 5.97 Å². The molecular formula is C24H27N3O6S. The van der Waals surface area contributed by atoms with Crippen molar-refractivity contribution in [1.29, 1.82) is 0 Å². The van der Waals surface area contributed by atoms with Crippen LogP contribution in [0.3, 0.4) is 0 Å². The average Bonchev–Trinajstić information content (AvgIpc) is 2.83. The molecule has 180 valence electrons. The number of aliphatic carboxylic acids is 1. The molecule has 0 aliphatic rings. The molecule has 1 atom stereocenters. The number of carboxylic acid groups (broad SMARTS) is 1. The van der Waals surface area contributed by atoms with Gasteiger partial charge < -0.3 is 19.9 Å². The highest BCUT2D eigenvalue weighted by atomic mass is 32.2. The Bertz CT molecular complexity index is 1220. The van der Waals surface area contributed by atoms with Gasteiger partial charge in [0, 0.05) is 12.5 Å². The molecule has 9 nitrogen and oxygen atoms in total. The maximum atomic E-state index is 12.3. The van der Waals surface area contributed by atoms with Gasteiger partial charge in [-0.1, -0.05) is 37.3 Å². The number of nitrogens with one attached hydrogen (secondary N) is 1. The quantitative estimate of drug-likeness (QED) is 0.392. The third-order valence-corrected chi connectivity index (χ3v) is 6.97. The normalized spacial score (nSPS) is 12.1. The molecule has 3 rings (SSSR count). The third-order valence-electron chi connectivity index (χ3n) is 5.16. The van der Waals surface area contributed by atoms with Crippen LogP contribution in [-0.4, -0.2) is 55.5 Å². The fourth-order valence-corrected chi connectivity index (χ4v) is 4.76. The largest absolute Gasteiger partial charge is 0.496 e. The third kappa shape index (κ3) is 5.82. The number of anilines is 1. The fourth-order valence-electron chi connectivity index (χ4n) is 3.52. The first kappa shape index (κ1) is 25.0. The summed E-state index contributed by atoms with van der Waals surface area (Å²) in [7, 11) is -0.379. The van der Waals surface area contributed by atoms with E-state index in [1.807, 2.05) is 42.5 Å². The van der Waals surface area contributed by atoms with Crippen LogP contribution in [-0.2, 0) is 21.1 Å². The predicted molar refractivity (Wildman–Crippen MR) is 128 cm³/mol. The van der Waals surface area contributed by atoms with E-state index in [-0.39, 0.29) is 23.0 Å². The van der Waals surface area contributed by atoms with E-state index in [9.17, 15) is 18.3 Å². The number of benzene rings is 2. The molecule has 0 saturated heterocycles. The summed E-state index contributed by atoms with van der Waals surface area (Å²) in [5, 5.41) is 12.4. The van der Waals surface area contributed by atoms with Gasteiger partial charge in [-0.05, 0) is 29.7 Å². The van der Waals surface area contributed by atoms with Crippen molar-refractivity contribution in [2.24, 2.45) is 0 Å².